The molecule has 0 bridgehead atoms. The van der Waals surface area contributed by atoms with E-state index in [2.05, 4.69) is 30.8 Å². The predicted molar refractivity (Wildman–Crippen MR) is 45.6 cm³/mol. The van der Waals surface area contributed by atoms with Gasteiger partial charge in [-0.15, -0.1) is 0 Å². The average molecular weight is 158 g/mol. The minimum atomic E-state index is -0.0347. The van der Waals surface area contributed by atoms with Crippen molar-refractivity contribution in [2.75, 3.05) is 40.3 Å². The molecule has 3 heteroatoms. The lowest BCUT2D eigenvalue weighted by molar-refractivity contribution is -0.000722. The van der Waals surface area contributed by atoms with E-state index in [9.17, 15) is 5.11 Å². The van der Waals surface area contributed by atoms with E-state index in [0.29, 0.717) is 0 Å². The molecule has 1 rings (SSSR count). The van der Waals surface area contributed by atoms with E-state index in [1.165, 1.54) is 0 Å². The predicted octanol–water partition coefficient (Wildman–Crippen LogP) is -0.385. The van der Waals surface area contributed by atoms with Crippen molar-refractivity contribution in [1.82, 2.24) is 9.80 Å². The van der Waals surface area contributed by atoms with Crippen LogP contribution in [0, 0.1) is 0 Å². The van der Waals surface area contributed by atoms with Crippen LogP contribution in [-0.4, -0.2) is 60.8 Å². The van der Waals surface area contributed by atoms with E-state index in [4.69, 9.17) is 0 Å². The molecular formula is C8H18N2O. The van der Waals surface area contributed by atoms with E-state index >= 15 is 0 Å². The van der Waals surface area contributed by atoms with Crippen LogP contribution in [0.2, 0.25) is 0 Å². The first-order valence-electron chi connectivity index (χ1n) is 4.09. The monoisotopic (exact) mass is 158 g/mol. The number of aliphatic hydroxyl groups excluding tert-OH is 1. The van der Waals surface area contributed by atoms with Gasteiger partial charge in [-0.3, -0.25) is 4.90 Å². The van der Waals surface area contributed by atoms with Crippen LogP contribution < -0.4 is 0 Å². The Kier molecular flexibility index (Phi) is 2.52. The highest BCUT2D eigenvalue weighted by atomic mass is 16.3. The molecule has 11 heavy (non-hydrogen) atoms. The highest BCUT2D eigenvalue weighted by Gasteiger charge is 2.33. The minimum Gasteiger partial charge on any atom is -0.394 e. The maximum Gasteiger partial charge on any atom is 0.0625 e. The molecule has 0 saturated carbocycles. The number of piperazine rings is 1. The molecule has 0 spiro atoms. The maximum atomic E-state index is 9.17. The Balaban J connectivity index is 2.60. The Morgan fingerprint density at radius 3 is 2.45 bits per heavy atom. The molecule has 0 aromatic rings. The van der Waals surface area contributed by atoms with Crippen LogP contribution in [0.1, 0.15) is 6.92 Å². The summed E-state index contributed by atoms with van der Waals surface area (Å²) in [5.74, 6) is 0. The molecular weight excluding hydrogens is 140 g/mol. The SMILES string of the molecule is CN1CCN(C)C(C)(CO)C1. The van der Waals surface area contributed by atoms with E-state index in [0.717, 1.165) is 19.6 Å². The average Bonchev–Trinajstić information content (AvgIpc) is 1.98. The van der Waals surface area contributed by atoms with Crippen LogP contribution in [0.15, 0.2) is 0 Å². The Hall–Kier alpha value is -0.120. The van der Waals surface area contributed by atoms with Gasteiger partial charge < -0.3 is 10.0 Å². The third-order valence-corrected chi connectivity index (χ3v) is 2.69. The van der Waals surface area contributed by atoms with Crippen molar-refractivity contribution in [3.63, 3.8) is 0 Å². The van der Waals surface area contributed by atoms with Gasteiger partial charge in [-0.2, -0.15) is 0 Å². The highest BCUT2D eigenvalue weighted by molar-refractivity contribution is 4.90. The highest BCUT2D eigenvalue weighted by Crippen LogP contribution is 2.17. The summed E-state index contributed by atoms with van der Waals surface area (Å²) in [4.78, 5) is 4.49. The molecule has 1 fully saturated rings. The third kappa shape index (κ3) is 1.72. The summed E-state index contributed by atoms with van der Waals surface area (Å²) in [5, 5.41) is 9.17. The summed E-state index contributed by atoms with van der Waals surface area (Å²) < 4.78 is 0. The van der Waals surface area contributed by atoms with Crippen LogP contribution in [0.4, 0.5) is 0 Å². The number of hydrogen-bond acceptors (Lipinski definition) is 3. The fraction of sp³-hybridized carbons (Fsp3) is 1.00. The summed E-state index contributed by atoms with van der Waals surface area (Å²) in [5.41, 5.74) is -0.0347. The van der Waals surface area contributed by atoms with Gasteiger partial charge in [0.2, 0.25) is 0 Å². The largest absolute Gasteiger partial charge is 0.394 e. The van der Waals surface area contributed by atoms with Gasteiger partial charge in [-0.1, -0.05) is 0 Å². The quantitative estimate of drug-likeness (QED) is 0.563. The normalized spacial score (nSPS) is 36.0. The van der Waals surface area contributed by atoms with E-state index in [-0.39, 0.29) is 12.1 Å². The number of aliphatic hydroxyl groups is 1. The first-order chi connectivity index (χ1) is 5.08. The Labute approximate surface area is 68.6 Å². The zero-order chi connectivity index (χ0) is 8.48. The molecule has 1 aliphatic heterocycles. The van der Waals surface area contributed by atoms with Crippen molar-refractivity contribution in [2.24, 2.45) is 0 Å². The minimum absolute atomic E-state index is 0.0347. The first-order valence-corrected chi connectivity index (χ1v) is 4.09. The first kappa shape index (κ1) is 8.97. The lowest BCUT2D eigenvalue weighted by Crippen LogP contribution is -2.60. The molecule has 0 aromatic carbocycles. The van der Waals surface area contributed by atoms with Gasteiger partial charge in [0.15, 0.2) is 0 Å². The van der Waals surface area contributed by atoms with Gasteiger partial charge in [-0.25, -0.2) is 0 Å². The molecule has 0 radical (unpaired) electrons. The summed E-state index contributed by atoms with van der Waals surface area (Å²) in [6.07, 6.45) is 0. The molecule has 1 saturated heterocycles. The molecule has 3 nitrogen and oxygen atoms in total. The van der Waals surface area contributed by atoms with Gasteiger partial charge in [0.1, 0.15) is 0 Å². The zero-order valence-corrected chi connectivity index (χ0v) is 7.67. The van der Waals surface area contributed by atoms with Gasteiger partial charge in [0.05, 0.1) is 12.1 Å². The van der Waals surface area contributed by atoms with Gasteiger partial charge in [-0.05, 0) is 21.0 Å². The Morgan fingerprint density at radius 1 is 1.36 bits per heavy atom. The number of likely N-dealkylation sites (N-methyl/N-ethyl adjacent to an activating group) is 2. The van der Waals surface area contributed by atoms with Crippen molar-refractivity contribution in [1.29, 1.82) is 0 Å². The van der Waals surface area contributed by atoms with Gasteiger partial charge >= 0.3 is 0 Å². The third-order valence-electron chi connectivity index (χ3n) is 2.69. The summed E-state index contributed by atoms with van der Waals surface area (Å²) in [6.45, 7) is 5.45. The fourth-order valence-electron chi connectivity index (χ4n) is 1.54. The molecule has 0 aromatic heterocycles. The Morgan fingerprint density at radius 2 is 2.00 bits per heavy atom. The molecule has 1 aliphatic rings. The Bertz CT molecular complexity index is 140. The second kappa shape index (κ2) is 3.09. The molecule has 1 atom stereocenters. The topological polar surface area (TPSA) is 26.7 Å². The molecule has 66 valence electrons. The summed E-state index contributed by atoms with van der Waals surface area (Å²) in [7, 11) is 4.17. The number of nitrogens with zero attached hydrogens (tertiary/aromatic N) is 2. The van der Waals surface area contributed by atoms with E-state index < -0.39 is 0 Å². The van der Waals surface area contributed by atoms with E-state index in [1.807, 2.05) is 0 Å². The van der Waals surface area contributed by atoms with Crippen LogP contribution in [-0.2, 0) is 0 Å². The second-order valence-electron chi connectivity index (χ2n) is 3.81. The van der Waals surface area contributed by atoms with Crippen molar-refractivity contribution < 1.29 is 5.11 Å². The van der Waals surface area contributed by atoms with Crippen LogP contribution >= 0.6 is 0 Å². The molecule has 1 unspecified atom stereocenters. The van der Waals surface area contributed by atoms with Crippen molar-refractivity contribution in [2.45, 2.75) is 12.5 Å². The lowest BCUT2D eigenvalue weighted by Gasteiger charge is -2.45. The zero-order valence-electron chi connectivity index (χ0n) is 7.67. The molecule has 1 N–H and O–H groups in total. The fourth-order valence-corrected chi connectivity index (χ4v) is 1.54. The van der Waals surface area contributed by atoms with Gasteiger partial charge in [0.25, 0.3) is 0 Å². The maximum absolute atomic E-state index is 9.17. The standard InChI is InChI=1S/C8H18N2O/c1-8(7-11)6-9(2)4-5-10(8)3/h11H,4-7H2,1-3H3. The van der Waals surface area contributed by atoms with Crippen molar-refractivity contribution >= 4 is 0 Å². The van der Waals surface area contributed by atoms with Crippen LogP contribution in [0.5, 0.6) is 0 Å². The number of rotatable bonds is 1. The van der Waals surface area contributed by atoms with E-state index in [1.54, 1.807) is 0 Å². The van der Waals surface area contributed by atoms with Crippen molar-refractivity contribution in [3.05, 3.63) is 0 Å². The second-order valence-corrected chi connectivity index (χ2v) is 3.81. The molecule has 1 heterocycles. The molecule has 0 aliphatic carbocycles. The van der Waals surface area contributed by atoms with Gasteiger partial charge in [0, 0.05) is 19.6 Å². The number of hydrogen-bond donors (Lipinski definition) is 1. The smallest absolute Gasteiger partial charge is 0.0625 e. The summed E-state index contributed by atoms with van der Waals surface area (Å²) >= 11 is 0. The summed E-state index contributed by atoms with van der Waals surface area (Å²) in [6, 6.07) is 0. The molecule has 0 amide bonds. The lowest BCUT2D eigenvalue weighted by atomic mass is 9.99. The van der Waals surface area contributed by atoms with Crippen molar-refractivity contribution in [3.8, 4) is 0 Å². The van der Waals surface area contributed by atoms with Crippen LogP contribution in [0.3, 0.4) is 0 Å². The van der Waals surface area contributed by atoms with Crippen LogP contribution in [0.25, 0.3) is 0 Å².